The van der Waals surface area contributed by atoms with Gasteiger partial charge in [0.15, 0.2) is 0 Å². The second-order valence-electron chi connectivity index (χ2n) is 4.97. The molecule has 1 aromatic rings. The number of nitrogens with zero attached hydrogens (tertiary/aromatic N) is 2. The van der Waals surface area contributed by atoms with Crippen LogP contribution < -0.4 is 4.90 Å². The number of hydrogen-bond donors (Lipinski definition) is 0. The zero-order valence-electron chi connectivity index (χ0n) is 12.5. The van der Waals surface area contributed by atoms with Gasteiger partial charge in [-0.05, 0) is 38.7 Å². The number of esters is 1. The molecule has 1 aromatic carbocycles. The first-order chi connectivity index (χ1) is 8.95. The number of hydrogen-bond acceptors (Lipinski definition) is 4. The van der Waals surface area contributed by atoms with Crippen LogP contribution in [-0.4, -0.2) is 45.7 Å². The van der Waals surface area contributed by atoms with Crippen molar-refractivity contribution in [3.8, 4) is 0 Å². The van der Waals surface area contributed by atoms with Crippen LogP contribution in [0.2, 0.25) is 0 Å². The first kappa shape index (κ1) is 15.5. The maximum Gasteiger partial charge on any atom is 0.307 e. The van der Waals surface area contributed by atoms with Crippen LogP contribution >= 0.6 is 0 Å². The van der Waals surface area contributed by atoms with Crippen LogP contribution in [0.4, 0.5) is 5.69 Å². The summed E-state index contributed by atoms with van der Waals surface area (Å²) in [7, 11) is 7.97. The van der Waals surface area contributed by atoms with Gasteiger partial charge in [0, 0.05) is 25.8 Å². The van der Waals surface area contributed by atoms with Gasteiger partial charge in [0.1, 0.15) is 0 Å². The molecule has 0 aliphatic rings. The Morgan fingerprint density at radius 2 is 1.74 bits per heavy atom. The van der Waals surface area contributed by atoms with Gasteiger partial charge >= 0.3 is 5.97 Å². The van der Waals surface area contributed by atoms with Gasteiger partial charge in [0.05, 0.1) is 13.0 Å². The van der Waals surface area contributed by atoms with Crippen molar-refractivity contribution in [3.63, 3.8) is 0 Å². The smallest absolute Gasteiger partial charge is 0.307 e. The molecule has 0 saturated carbocycles. The largest absolute Gasteiger partial charge is 0.466 e. The summed E-state index contributed by atoms with van der Waals surface area (Å²) in [5.41, 5.74) is 2.28. The summed E-state index contributed by atoms with van der Waals surface area (Å²) in [5, 5.41) is 0. The molecule has 0 spiro atoms. The van der Waals surface area contributed by atoms with E-state index in [1.165, 1.54) is 0 Å². The SMILES string of the molecule is CCOC(=O)CC(c1ccc(N(C)C)cc1)N(C)C. The molecule has 4 heteroatoms. The Bertz CT molecular complexity index is 399. The van der Waals surface area contributed by atoms with Gasteiger partial charge in [-0.1, -0.05) is 12.1 Å². The molecule has 0 N–H and O–H groups in total. The van der Waals surface area contributed by atoms with Crippen molar-refractivity contribution in [2.75, 3.05) is 39.7 Å². The number of benzene rings is 1. The highest BCUT2D eigenvalue weighted by atomic mass is 16.5. The van der Waals surface area contributed by atoms with Gasteiger partial charge in [0.25, 0.3) is 0 Å². The maximum atomic E-state index is 11.6. The van der Waals surface area contributed by atoms with Crippen LogP contribution in [0.15, 0.2) is 24.3 Å². The maximum absolute atomic E-state index is 11.6. The van der Waals surface area contributed by atoms with E-state index in [1.807, 2.05) is 40.0 Å². The molecular formula is C15H24N2O2. The van der Waals surface area contributed by atoms with Crippen LogP contribution in [0.3, 0.4) is 0 Å². The van der Waals surface area contributed by atoms with Gasteiger partial charge < -0.3 is 14.5 Å². The number of anilines is 1. The van der Waals surface area contributed by atoms with Crippen molar-refractivity contribution in [1.82, 2.24) is 4.90 Å². The van der Waals surface area contributed by atoms with Crippen molar-refractivity contribution >= 4 is 11.7 Å². The minimum atomic E-state index is -0.155. The molecular weight excluding hydrogens is 240 g/mol. The van der Waals surface area contributed by atoms with Crippen LogP contribution in [0.5, 0.6) is 0 Å². The van der Waals surface area contributed by atoms with Gasteiger partial charge in [-0.25, -0.2) is 0 Å². The van der Waals surface area contributed by atoms with Crippen molar-refractivity contribution in [3.05, 3.63) is 29.8 Å². The number of carbonyl (C=O) groups is 1. The highest BCUT2D eigenvalue weighted by Crippen LogP contribution is 2.24. The monoisotopic (exact) mass is 264 g/mol. The first-order valence-corrected chi connectivity index (χ1v) is 6.55. The molecule has 19 heavy (non-hydrogen) atoms. The highest BCUT2D eigenvalue weighted by molar-refractivity contribution is 5.70. The Kier molecular flexibility index (Phi) is 5.83. The summed E-state index contributed by atoms with van der Waals surface area (Å²) in [5.74, 6) is -0.155. The van der Waals surface area contributed by atoms with E-state index >= 15 is 0 Å². The Balaban J connectivity index is 2.84. The van der Waals surface area contributed by atoms with Gasteiger partial charge in [-0.2, -0.15) is 0 Å². The van der Waals surface area contributed by atoms with Gasteiger partial charge in [-0.3, -0.25) is 4.79 Å². The summed E-state index contributed by atoms with van der Waals surface area (Å²) >= 11 is 0. The number of ether oxygens (including phenoxy) is 1. The molecule has 4 nitrogen and oxygen atoms in total. The predicted molar refractivity (Wildman–Crippen MR) is 78.4 cm³/mol. The minimum absolute atomic E-state index is 0.0512. The zero-order chi connectivity index (χ0) is 14.4. The van der Waals surface area contributed by atoms with E-state index in [9.17, 15) is 4.79 Å². The Morgan fingerprint density at radius 3 is 2.16 bits per heavy atom. The van der Waals surface area contributed by atoms with E-state index in [2.05, 4.69) is 29.2 Å². The molecule has 0 aliphatic heterocycles. The third-order valence-corrected chi connectivity index (χ3v) is 3.08. The molecule has 0 amide bonds. The number of rotatable bonds is 6. The lowest BCUT2D eigenvalue weighted by Gasteiger charge is -2.24. The molecule has 1 rings (SSSR count). The van der Waals surface area contributed by atoms with Crippen molar-refractivity contribution < 1.29 is 9.53 Å². The Labute approximate surface area is 116 Å². The third-order valence-electron chi connectivity index (χ3n) is 3.08. The summed E-state index contributed by atoms with van der Waals surface area (Å²) in [6, 6.07) is 8.32. The summed E-state index contributed by atoms with van der Waals surface area (Å²) < 4.78 is 5.03. The highest BCUT2D eigenvalue weighted by Gasteiger charge is 2.19. The average molecular weight is 264 g/mol. The molecule has 0 saturated heterocycles. The minimum Gasteiger partial charge on any atom is -0.466 e. The van der Waals surface area contributed by atoms with Crippen LogP contribution in [-0.2, 0) is 9.53 Å². The van der Waals surface area contributed by atoms with E-state index in [0.29, 0.717) is 13.0 Å². The van der Waals surface area contributed by atoms with Crippen molar-refractivity contribution in [2.45, 2.75) is 19.4 Å². The topological polar surface area (TPSA) is 32.8 Å². The molecule has 0 radical (unpaired) electrons. The Hall–Kier alpha value is -1.55. The standard InChI is InChI=1S/C15H24N2O2/c1-6-19-15(18)11-14(17(4)5)12-7-9-13(10-8-12)16(2)3/h7-10,14H,6,11H2,1-5H3. The fourth-order valence-electron chi connectivity index (χ4n) is 1.97. The molecule has 0 heterocycles. The van der Waals surface area contributed by atoms with Crippen molar-refractivity contribution in [1.29, 1.82) is 0 Å². The van der Waals surface area contributed by atoms with E-state index in [4.69, 9.17) is 4.74 Å². The third kappa shape index (κ3) is 4.56. The fourth-order valence-corrected chi connectivity index (χ4v) is 1.97. The van der Waals surface area contributed by atoms with E-state index in [1.54, 1.807) is 0 Å². The van der Waals surface area contributed by atoms with E-state index in [0.717, 1.165) is 11.3 Å². The molecule has 0 fully saturated rings. The van der Waals surface area contributed by atoms with Crippen LogP contribution in [0, 0.1) is 0 Å². The second-order valence-corrected chi connectivity index (χ2v) is 4.97. The van der Waals surface area contributed by atoms with Crippen LogP contribution in [0.25, 0.3) is 0 Å². The fraction of sp³-hybridized carbons (Fsp3) is 0.533. The summed E-state index contributed by atoms with van der Waals surface area (Å²) in [4.78, 5) is 15.7. The zero-order valence-corrected chi connectivity index (χ0v) is 12.5. The molecule has 0 bridgehead atoms. The van der Waals surface area contributed by atoms with E-state index in [-0.39, 0.29) is 12.0 Å². The first-order valence-electron chi connectivity index (χ1n) is 6.55. The Morgan fingerprint density at radius 1 is 1.16 bits per heavy atom. The molecule has 0 aliphatic carbocycles. The molecule has 0 aromatic heterocycles. The molecule has 106 valence electrons. The average Bonchev–Trinajstić information content (AvgIpc) is 2.36. The van der Waals surface area contributed by atoms with Gasteiger partial charge in [0.2, 0.25) is 0 Å². The predicted octanol–water partition coefficient (Wildman–Crippen LogP) is 2.31. The summed E-state index contributed by atoms with van der Waals surface area (Å²) in [6.45, 7) is 2.26. The lowest BCUT2D eigenvalue weighted by molar-refractivity contribution is -0.144. The number of carbonyl (C=O) groups excluding carboxylic acids is 1. The quantitative estimate of drug-likeness (QED) is 0.738. The normalized spacial score (nSPS) is 12.3. The van der Waals surface area contributed by atoms with Crippen LogP contribution in [0.1, 0.15) is 24.9 Å². The second kappa shape index (κ2) is 7.14. The molecule has 1 unspecified atom stereocenters. The molecule has 1 atom stereocenters. The summed E-state index contributed by atoms with van der Waals surface area (Å²) in [6.07, 6.45) is 0.377. The van der Waals surface area contributed by atoms with Gasteiger partial charge in [-0.15, -0.1) is 0 Å². The van der Waals surface area contributed by atoms with Crippen molar-refractivity contribution in [2.24, 2.45) is 0 Å². The lowest BCUT2D eigenvalue weighted by atomic mass is 10.0. The van der Waals surface area contributed by atoms with E-state index < -0.39 is 0 Å². The lowest BCUT2D eigenvalue weighted by Crippen LogP contribution is -2.23.